The van der Waals surface area contributed by atoms with Gasteiger partial charge in [0.15, 0.2) is 0 Å². The molecule has 0 radical (unpaired) electrons. The molecule has 1 N–H and O–H groups in total. The molecule has 0 aliphatic heterocycles. The lowest BCUT2D eigenvalue weighted by Gasteiger charge is -2.37. The van der Waals surface area contributed by atoms with Crippen LogP contribution in [-0.4, -0.2) is 23.3 Å². The first-order valence-electron chi connectivity index (χ1n) is 16.3. The highest BCUT2D eigenvalue weighted by atomic mass is 16.5. The van der Waals surface area contributed by atoms with Crippen LogP contribution >= 0.6 is 0 Å². The monoisotopic (exact) mass is 610 g/mol. The van der Waals surface area contributed by atoms with Crippen LogP contribution in [0.1, 0.15) is 102 Å². The SMILES string of the molecule is CC(=O)O[C@@H]1CC(C)=C(/C=C/C(C)=C/C=C/C(C)=C/C=C/C=C(C)/C=C/C=C(C)/C=C/C2=C(C)C[C@H](O)CC2(C)C)C(C)(C)C1. The minimum atomic E-state index is -0.231. The number of carbonyl (C=O) groups is 1. The number of esters is 1. The minimum Gasteiger partial charge on any atom is -0.462 e. The lowest BCUT2D eigenvalue weighted by Crippen LogP contribution is -2.31. The molecular formula is C42H58O3. The molecule has 3 nitrogen and oxygen atoms in total. The third kappa shape index (κ3) is 13.2. The largest absolute Gasteiger partial charge is 0.462 e. The summed E-state index contributed by atoms with van der Waals surface area (Å²) < 4.78 is 5.51. The van der Waals surface area contributed by atoms with Crippen LogP contribution in [0, 0.1) is 10.8 Å². The van der Waals surface area contributed by atoms with Gasteiger partial charge in [-0.05, 0) is 82.8 Å². The molecule has 0 saturated carbocycles. The fraction of sp³-hybridized carbons (Fsp3) is 0.452. The van der Waals surface area contributed by atoms with Crippen molar-refractivity contribution in [2.24, 2.45) is 10.8 Å². The molecule has 2 aliphatic rings. The van der Waals surface area contributed by atoms with Gasteiger partial charge in [-0.25, -0.2) is 0 Å². The number of hydrogen-bond acceptors (Lipinski definition) is 3. The maximum absolute atomic E-state index is 11.4. The van der Waals surface area contributed by atoms with E-state index in [-0.39, 0.29) is 29.0 Å². The maximum atomic E-state index is 11.4. The molecule has 0 unspecified atom stereocenters. The summed E-state index contributed by atoms with van der Waals surface area (Å²) in [7, 11) is 0. The number of allylic oxidation sites excluding steroid dienone is 20. The Morgan fingerprint density at radius 3 is 1.47 bits per heavy atom. The highest BCUT2D eigenvalue weighted by Crippen LogP contribution is 2.42. The van der Waals surface area contributed by atoms with Crippen molar-refractivity contribution >= 4 is 5.97 Å². The Labute approximate surface area is 274 Å². The molecule has 244 valence electrons. The summed E-state index contributed by atoms with van der Waals surface area (Å²) in [4.78, 5) is 11.4. The van der Waals surface area contributed by atoms with Crippen molar-refractivity contribution in [1.29, 1.82) is 0 Å². The van der Waals surface area contributed by atoms with Crippen molar-refractivity contribution in [2.75, 3.05) is 0 Å². The van der Waals surface area contributed by atoms with Gasteiger partial charge in [0.2, 0.25) is 0 Å². The molecule has 0 spiro atoms. The van der Waals surface area contributed by atoms with Gasteiger partial charge in [0.1, 0.15) is 6.10 Å². The Bertz CT molecular complexity index is 1400. The summed E-state index contributed by atoms with van der Waals surface area (Å²) in [6.45, 7) is 23.1. The van der Waals surface area contributed by atoms with Crippen molar-refractivity contribution in [2.45, 2.75) is 114 Å². The van der Waals surface area contributed by atoms with E-state index in [1.54, 1.807) is 0 Å². The zero-order valence-corrected chi connectivity index (χ0v) is 29.8. The van der Waals surface area contributed by atoms with Crippen molar-refractivity contribution in [3.8, 4) is 0 Å². The third-order valence-electron chi connectivity index (χ3n) is 8.56. The minimum absolute atomic E-state index is 0.0000674. The molecule has 0 aromatic carbocycles. The molecule has 2 aliphatic carbocycles. The first-order valence-corrected chi connectivity index (χ1v) is 16.3. The van der Waals surface area contributed by atoms with E-state index in [1.165, 1.54) is 51.5 Å². The second-order valence-corrected chi connectivity index (χ2v) is 14.3. The summed E-state index contributed by atoms with van der Waals surface area (Å²) in [5.41, 5.74) is 9.95. The molecular weight excluding hydrogens is 552 g/mol. The summed E-state index contributed by atoms with van der Waals surface area (Å²) in [6, 6.07) is 0. The third-order valence-corrected chi connectivity index (χ3v) is 8.56. The Balaban J connectivity index is 1.92. The highest BCUT2D eigenvalue weighted by molar-refractivity contribution is 5.66. The van der Waals surface area contributed by atoms with Crippen LogP contribution in [0.25, 0.3) is 0 Å². The predicted octanol–water partition coefficient (Wildman–Crippen LogP) is 11.1. The van der Waals surface area contributed by atoms with Gasteiger partial charge in [0, 0.05) is 13.3 Å². The average molecular weight is 611 g/mol. The number of aliphatic hydroxyl groups excluding tert-OH is 1. The molecule has 45 heavy (non-hydrogen) atoms. The quantitative estimate of drug-likeness (QED) is 0.187. The first kappa shape index (κ1) is 37.8. The molecule has 3 heteroatoms. The van der Waals surface area contributed by atoms with Gasteiger partial charge < -0.3 is 9.84 Å². The number of carbonyl (C=O) groups excluding carboxylic acids is 1. The van der Waals surface area contributed by atoms with Crippen LogP contribution in [0.3, 0.4) is 0 Å². The number of ether oxygens (including phenoxy) is 1. The van der Waals surface area contributed by atoms with E-state index in [9.17, 15) is 9.90 Å². The van der Waals surface area contributed by atoms with Crippen molar-refractivity contribution in [3.63, 3.8) is 0 Å². The van der Waals surface area contributed by atoms with Crippen LogP contribution < -0.4 is 0 Å². The molecule has 0 heterocycles. The van der Waals surface area contributed by atoms with E-state index in [0.717, 1.165) is 25.7 Å². The lowest BCUT2D eigenvalue weighted by molar-refractivity contribution is -0.147. The summed E-state index contributed by atoms with van der Waals surface area (Å²) in [5.74, 6) is -0.203. The van der Waals surface area contributed by atoms with Crippen LogP contribution in [0.4, 0.5) is 0 Å². The first-order chi connectivity index (χ1) is 21.0. The molecule has 0 bridgehead atoms. The van der Waals surface area contributed by atoms with E-state index in [2.05, 4.69) is 154 Å². The standard InChI is InChI=1S/C42H58O3/c1-30(18-14-20-32(3)22-24-39-34(5)26-37(44)28-41(39,8)9)16-12-13-17-31(2)19-15-21-33(4)23-25-40-35(6)27-38(45-36(7)43)29-42(40,10)11/h12-25,37-38,44H,26-29H2,1-11H3/b13-12+,18-14+,19-15+,24-22+,25-23+,30-16+,31-17+,32-20+,33-21+/t37-,38+/m0/s1. The Hall–Kier alpha value is -3.43. The van der Waals surface area contributed by atoms with Gasteiger partial charge in [0.25, 0.3) is 0 Å². The normalized spacial score (nSPS) is 24.0. The second-order valence-electron chi connectivity index (χ2n) is 14.3. The second kappa shape index (κ2) is 17.3. The summed E-state index contributed by atoms with van der Waals surface area (Å²) >= 11 is 0. The van der Waals surface area contributed by atoms with Gasteiger partial charge in [-0.3, -0.25) is 4.79 Å². The number of hydrogen-bond donors (Lipinski definition) is 1. The van der Waals surface area contributed by atoms with Crippen molar-refractivity contribution in [1.82, 2.24) is 0 Å². The topological polar surface area (TPSA) is 46.5 Å². The van der Waals surface area contributed by atoms with Gasteiger partial charge in [-0.15, -0.1) is 0 Å². The summed E-state index contributed by atoms with van der Waals surface area (Å²) in [6.07, 6.45) is 32.8. The highest BCUT2D eigenvalue weighted by Gasteiger charge is 2.34. The average Bonchev–Trinajstić information content (AvgIpc) is 2.88. The molecule has 0 fully saturated rings. The van der Waals surface area contributed by atoms with E-state index >= 15 is 0 Å². The molecule has 2 atom stereocenters. The molecule has 0 amide bonds. The Morgan fingerprint density at radius 2 is 1.04 bits per heavy atom. The van der Waals surface area contributed by atoms with E-state index in [1.807, 2.05) is 0 Å². The molecule has 0 aromatic heterocycles. The lowest BCUT2D eigenvalue weighted by atomic mass is 9.71. The maximum Gasteiger partial charge on any atom is 0.302 e. The van der Waals surface area contributed by atoms with E-state index < -0.39 is 0 Å². The van der Waals surface area contributed by atoms with Crippen LogP contribution in [0.5, 0.6) is 0 Å². The Kier molecular flexibility index (Phi) is 14.5. The molecule has 2 rings (SSSR count). The zero-order valence-electron chi connectivity index (χ0n) is 29.8. The molecule has 0 aromatic rings. The van der Waals surface area contributed by atoms with Crippen LogP contribution in [-0.2, 0) is 9.53 Å². The Morgan fingerprint density at radius 1 is 0.644 bits per heavy atom. The smallest absolute Gasteiger partial charge is 0.302 e. The van der Waals surface area contributed by atoms with Gasteiger partial charge >= 0.3 is 5.97 Å². The van der Waals surface area contributed by atoms with Gasteiger partial charge in [-0.1, -0.05) is 146 Å². The van der Waals surface area contributed by atoms with Crippen molar-refractivity contribution < 1.29 is 14.6 Å². The zero-order chi connectivity index (χ0) is 33.8. The summed E-state index contributed by atoms with van der Waals surface area (Å²) in [5, 5.41) is 10.1. The predicted molar refractivity (Wildman–Crippen MR) is 194 cm³/mol. The van der Waals surface area contributed by atoms with Crippen molar-refractivity contribution in [3.05, 3.63) is 130 Å². The van der Waals surface area contributed by atoms with Gasteiger partial charge in [0.05, 0.1) is 6.10 Å². The van der Waals surface area contributed by atoms with Gasteiger partial charge in [-0.2, -0.15) is 0 Å². The van der Waals surface area contributed by atoms with E-state index in [4.69, 9.17) is 4.74 Å². The number of aliphatic hydroxyl groups is 1. The fourth-order valence-corrected chi connectivity index (χ4v) is 6.42. The van der Waals surface area contributed by atoms with E-state index in [0.29, 0.717) is 0 Å². The van der Waals surface area contributed by atoms with Crippen LogP contribution in [0.2, 0.25) is 0 Å². The van der Waals surface area contributed by atoms with Crippen LogP contribution in [0.15, 0.2) is 130 Å². The number of rotatable bonds is 11. The molecule has 0 saturated heterocycles. The fourth-order valence-electron chi connectivity index (χ4n) is 6.42.